The number of aromatic nitrogens is 2. The molecule has 0 aromatic carbocycles. The molecule has 0 saturated carbocycles. The Bertz CT molecular complexity index is 257. The minimum Gasteiger partial charge on any atom is -0.381 e. The van der Waals surface area contributed by atoms with E-state index in [9.17, 15) is 0 Å². The first-order chi connectivity index (χ1) is 5.76. The average molecular weight is 168 g/mol. The molecule has 1 rings (SSSR count). The smallest absolute Gasteiger partial charge is 0.250 e. The summed E-state index contributed by atoms with van der Waals surface area (Å²) in [6.07, 6.45) is 2.29. The average Bonchev–Trinajstić information content (AvgIpc) is 2.52. The lowest BCUT2D eigenvalue weighted by molar-refractivity contribution is 0.116. The first-order valence-corrected chi connectivity index (χ1v) is 3.74. The fourth-order valence-corrected chi connectivity index (χ4v) is 0.774. The van der Waals surface area contributed by atoms with Crippen molar-refractivity contribution in [3.8, 4) is 0 Å². The van der Waals surface area contributed by atoms with Gasteiger partial charge < -0.3 is 9.26 Å². The molecule has 1 unspecified atom stereocenters. The van der Waals surface area contributed by atoms with Crippen molar-refractivity contribution in [1.29, 1.82) is 0 Å². The summed E-state index contributed by atoms with van der Waals surface area (Å²) < 4.78 is 9.87. The van der Waals surface area contributed by atoms with Crippen molar-refractivity contribution in [3.05, 3.63) is 18.3 Å². The molecule has 12 heavy (non-hydrogen) atoms. The van der Waals surface area contributed by atoms with Gasteiger partial charge in [-0.15, -0.1) is 0 Å². The summed E-state index contributed by atoms with van der Waals surface area (Å²) in [5, 5.41) is 3.74. The van der Waals surface area contributed by atoms with E-state index in [1.54, 1.807) is 7.11 Å². The van der Waals surface area contributed by atoms with Crippen molar-refractivity contribution in [1.82, 2.24) is 10.1 Å². The Hall–Kier alpha value is -1.16. The van der Waals surface area contributed by atoms with Crippen LogP contribution in [0.5, 0.6) is 0 Å². The maximum atomic E-state index is 5.05. The Morgan fingerprint density at radius 2 is 2.50 bits per heavy atom. The Kier molecular flexibility index (Phi) is 2.99. The number of hydrogen-bond donors (Lipinski definition) is 0. The van der Waals surface area contributed by atoms with Crippen LogP contribution in [-0.4, -0.2) is 23.4 Å². The lowest BCUT2D eigenvalue weighted by Gasteiger charge is -2.03. The fourth-order valence-electron chi connectivity index (χ4n) is 0.774. The second kappa shape index (κ2) is 4.01. The molecule has 4 nitrogen and oxygen atoms in total. The molecule has 0 amide bonds. The fraction of sp³-hybridized carbons (Fsp3) is 0.500. The minimum absolute atomic E-state index is 0.111. The van der Waals surface area contributed by atoms with Gasteiger partial charge in [-0.2, -0.15) is 4.98 Å². The summed E-state index contributed by atoms with van der Waals surface area (Å²) in [6, 6.07) is 0. The van der Waals surface area contributed by atoms with Gasteiger partial charge in [0.25, 0.3) is 0 Å². The van der Waals surface area contributed by atoms with Crippen LogP contribution in [0.4, 0.5) is 0 Å². The van der Waals surface area contributed by atoms with Crippen LogP contribution in [-0.2, 0) is 11.2 Å². The maximum Gasteiger partial charge on any atom is 0.250 e. The van der Waals surface area contributed by atoms with Gasteiger partial charge in [0.05, 0.1) is 6.10 Å². The van der Waals surface area contributed by atoms with Gasteiger partial charge in [-0.3, -0.25) is 0 Å². The van der Waals surface area contributed by atoms with Crippen molar-refractivity contribution in [3.63, 3.8) is 0 Å². The summed E-state index contributed by atoms with van der Waals surface area (Å²) in [5.74, 6) is 1.10. The summed E-state index contributed by atoms with van der Waals surface area (Å²) in [6.45, 7) is 5.46. The second-order valence-electron chi connectivity index (χ2n) is 2.50. The summed E-state index contributed by atoms with van der Waals surface area (Å²) >= 11 is 0. The third-order valence-electron chi connectivity index (χ3n) is 1.53. The van der Waals surface area contributed by atoms with Gasteiger partial charge in [0, 0.05) is 13.5 Å². The molecule has 4 heteroatoms. The molecule has 0 fully saturated rings. The normalized spacial score (nSPS) is 12.8. The zero-order chi connectivity index (χ0) is 8.97. The van der Waals surface area contributed by atoms with Crippen molar-refractivity contribution in [2.24, 2.45) is 0 Å². The first-order valence-electron chi connectivity index (χ1n) is 3.74. The van der Waals surface area contributed by atoms with E-state index >= 15 is 0 Å². The van der Waals surface area contributed by atoms with Crippen LogP contribution in [0.2, 0.25) is 0 Å². The zero-order valence-corrected chi connectivity index (χ0v) is 7.28. The molecule has 66 valence electrons. The highest BCUT2D eigenvalue weighted by molar-refractivity contribution is 5.32. The van der Waals surface area contributed by atoms with Gasteiger partial charge >= 0.3 is 0 Å². The van der Waals surface area contributed by atoms with Crippen LogP contribution < -0.4 is 0 Å². The van der Waals surface area contributed by atoms with Crippen molar-refractivity contribution >= 4 is 6.08 Å². The van der Waals surface area contributed by atoms with Gasteiger partial charge in [-0.1, -0.05) is 11.7 Å². The molecule has 0 radical (unpaired) electrons. The number of rotatable bonds is 4. The molecule has 0 N–H and O–H groups in total. The molecule has 1 heterocycles. The first kappa shape index (κ1) is 8.93. The van der Waals surface area contributed by atoms with Crippen molar-refractivity contribution in [2.45, 2.75) is 19.4 Å². The molecule has 0 aliphatic rings. The number of nitrogens with zero attached hydrogens (tertiary/aromatic N) is 2. The maximum absolute atomic E-state index is 5.05. The number of ether oxygens (including phenoxy) is 1. The van der Waals surface area contributed by atoms with Gasteiger partial charge in [-0.05, 0) is 13.0 Å². The molecule has 1 aromatic heterocycles. The summed E-state index contributed by atoms with van der Waals surface area (Å²) in [5.41, 5.74) is 0. The SMILES string of the molecule is C=Cc1nc(CC(C)OC)no1. The molecule has 1 aromatic rings. The van der Waals surface area contributed by atoms with E-state index in [-0.39, 0.29) is 6.10 Å². The Labute approximate surface area is 71.2 Å². The van der Waals surface area contributed by atoms with E-state index < -0.39 is 0 Å². The van der Waals surface area contributed by atoms with Crippen LogP contribution in [0.15, 0.2) is 11.1 Å². The highest BCUT2D eigenvalue weighted by Crippen LogP contribution is 2.02. The summed E-state index contributed by atoms with van der Waals surface area (Å²) in [4.78, 5) is 4.04. The Morgan fingerprint density at radius 3 is 3.00 bits per heavy atom. The molecule has 0 aliphatic carbocycles. The highest BCUT2D eigenvalue weighted by Gasteiger charge is 2.07. The number of methoxy groups -OCH3 is 1. The van der Waals surface area contributed by atoms with E-state index in [2.05, 4.69) is 16.7 Å². The quantitative estimate of drug-likeness (QED) is 0.679. The Balaban J connectivity index is 2.57. The largest absolute Gasteiger partial charge is 0.381 e. The van der Waals surface area contributed by atoms with E-state index in [0.29, 0.717) is 18.1 Å². The van der Waals surface area contributed by atoms with E-state index in [0.717, 1.165) is 0 Å². The molecule has 1 atom stereocenters. The molecular weight excluding hydrogens is 156 g/mol. The summed E-state index contributed by atoms with van der Waals surface area (Å²) in [7, 11) is 1.65. The van der Waals surface area contributed by atoms with Gasteiger partial charge in [0.15, 0.2) is 5.82 Å². The van der Waals surface area contributed by atoms with Crippen molar-refractivity contribution < 1.29 is 9.26 Å². The molecular formula is C8H12N2O2. The van der Waals surface area contributed by atoms with Crippen LogP contribution >= 0.6 is 0 Å². The van der Waals surface area contributed by atoms with E-state index in [4.69, 9.17) is 9.26 Å². The predicted octanol–water partition coefficient (Wildman–Crippen LogP) is 1.29. The third-order valence-corrected chi connectivity index (χ3v) is 1.53. The Morgan fingerprint density at radius 1 is 1.75 bits per heavy atom. The highest BCUT2D eigenvalue weighted by atomic mass is 16.5. The van der Waals surface area contributed by atoms with Crippen LogP contribution in [0.1, 0.15) is 18.6 Å². The van der Waals surface area contributed by atoms with Gasteiger partial charge in [-0.25, -0.2) is 0 Å². The van der Waals surface area contributed by atoms with Gasteiger partial charge in [0.1, 0.15) is 0 Å². The van der Waals surface area contributed by atoms with Crippen molar-refractivity contribution in [2.75, 3.05) is 7.11 Å². The van der Waals surface area contributed by atoms with Crippen LogP contribution in [0, 0.1) is 0 Å². The van der Waals surface area contributed by atoms with Crippen LogP contribution in [0.25, 0.3) is 6.08 Å². The number of hydrogen-bond acceptors (Lipinski definition) is 4. The third kappa shape index (κ3) is 2.17. The lowest BCUT2D eigenvalue weighted by atomic mass is 10.3. The topological polar surface area (TPSA) is 48.2 Å². The molecule has 0 saturated heterocycles. The van der Waals surface area contributed by atoms with Gasteiger partial charge in [0.2, 0.25) is 5.89 Å². The molecule has 0 spiro atoms. The predicted molar refractivity (Wildman–Crippen MR) is 44.6 cm³/mol. The molecule has 0 bridgehead atoms. The molecule has 0 aliphatic heterocycles. The standard InChI is InChI=1S/C8H12N2O2/c1-4-8-9-7(10-12-8)5-6(2)11-3/h4,6H,1,5H2,2-3H3. The second-order valence-corrected chi connectivity index (χ2v) is 2.50. The van der Waals surface area contributed by atoms with E-state index in [1.807, 2.05) is 6.92 Å². The van der Waals surface area contributed by atoms with E-state index in [1.165, 1.54) is 6.08 Å². The van der Waals surface area contributed by atoms with Crippen LogP contribution in [0.3, 0.4) is 0 Å². The minimum atomic E-state index is 0.111. The zero-order valence-electron chi connectivity index (χ0n) is 7.28. The monoisotopic (exact) mass is 168 g/mol. The lowest BCUT2D eigenvalue weighted by Crippen LogP contribution is -2.09.